The SMILES string of the molecule is FC(F)(F)c1cnccn1.c1cnccn1. The smallest absolute Gasteiger partial charge is 0.262 e. The molecule has 2 rings (SSSR count). The molecule has 0 amide bonds. The summed E-state index contributed by atoms with van der Waals surface area (Å²) in [5.74, 6) is 0. The van der Waals surface area contributed by atoms with Crippen molar-refractivity contribution in [1.82, 2.24) is 19.9 Å². The van der Waals surface area contributed by atoms with Crippen molar-refractivity contribution in [3.05, 3.63) is 49.1 Å². The van der Waals surface area contributed by atoms with E-state index in [1.54, 1.807) is 24.8 Å². The predicted molar refractivity (Wildman–Crippen MR) is 49.1 cm³/mol. The second-order valence-corrected chi connectivity index (χ2v) is 2.48. The molecule has 0 spiro atoms. The first-order chi connectivity index (χ1) is 7.61. The molecule has 0 fully saturated rings. The van der Waals surface area contributed by atoms with Crippen LogP contribution in [-0.2, 0) is 6.18 Å². The van der Waals surface area contributed by atoms with Gasteiger partial charge in [-0.3, -0.25) is 15.0 Å². The van der Waals surface area contributed by atoms with E-state index in [9.17, 15) is 13.2 Å². The van der Waals surface area contributed by atoms with Crippen molar-refractivity contribution < 1.29 is 13.2 Å². The van der Waals surface area contributed by atoms with Crippen molar-refractivity contribution in [2.24, 2.45) is 0 Å². The van der Waals surface area contributed by atoms with Gasteiger partial charge < -0.3 is 0 Å². The maximum absolute atomic E-state index is 11.7. The fourth-order valence-corrected chi connectivity index (χ4v) is 0.699. The summed E-state index contributed by atoms with van der Waals surface area (Å²) >= 11 is 0. The number of nitrogens with zero attached hydrogens (tertiary/aromatic N) is 4. The van der Waals surface area contributed by atoms with Crippen LogP contribution in [0.5, 0.6) is 0 Å². The van der Waals surface area contributed by atoms with Crippen molar-refractivity contribution in [3.8, 4) is 0 Å². The number of hydrogen-bond acceptors (Lipinski definition) is 4. The fourth-order valence-electron chi connectivity index (χ4n) is 0.699. The maximum atomic E-state index is 11.7. The van der Waals surface area contributed by atoms with Crippen molar-refractivity contribution in [3.63, 3.8) is 0 Å². The quantitative estimate of drug-likeness (QED) is 0.691. The van der Waals surface area contributed by atoms with Crippen LogP contribution in [0.15, 0.2) is 43.4 Å². The molecule has 4 nitrogen and oxygen atoms in total. The van der Waals surface area contributed by atoms with Crippen molar-refractivity contribution >= 4 is 0 Å². The fraction of sp³-hybridized carbons (Fsp3) is 0.111. The Labute approximate surface area is 89.2 Å². The van der Waals surface area contributed by atoms with Gasteiger partial charge in [0.15, 0.2) is 5.69 Å². The maximum Gasteiger partial charge on any atom is 0.434 e. The average Bonchev–Trinajstić information content (AvgIpc) is 2.32. The number of aromatic nitrogens is 4. The number of hydrogen-bond donors (Lipinski definition) is 0. The highest BCUT2D eigenvalue weighted by atomic mass is 19.4. The van der Waals surface area contributed by atoms with Crippen LogP contribution < -0.4 is 0 Å². The van der Waals surface area contributed by atoms with Crippen LogP contribution in [0.1, 0.15) is 5.69 Å². The Morgan fingerprint density at radius 2 is 1.25 bits per heavy atom. The van der Waals surface area contributed by atoms with Crippen LogP contribution in [0.2, 0.25) is 0 Å². The van der Waals surface area contributed by atoms with Gasteiger partial charge in [0, 0.05) is 37.2 Å². The minimum Gasteiger partial charge on any atom is -0.262 e. The second kappa shape index (κ2) is 5.74. The number of halogens is 3. The van der Waals surface area contributed by atoms with Crippen LogP contribution in [0.3, 0.4) is 0 Å². The first kappa shape index (κ1) is 12.0. The monoisotopic (exact) mass is 228 g/mol. The lowest BCUT2D eigenvalue weighted by Crippen LogP contribution is -2.07. The number of alkyl halides is 3. The van der Waals surface area contributed by atoms with Gasteiger partial charge in [0.1, 0.15) is 0 Å². The van der Waals surface area contributed by atoms with Crippen LogP contribution in [0, 0.1) is 0 Å². The van der Waals surface area contributed by atoms with Crippen molar-refractivity contribution in [2.45, 2.75) is 6.18 Å². The van der Waals surface area contributed by atoms with Gasteiger partial charge in [0.2, 0.25) is 0 Å². The minimum atomic E-state index is -4.38. The highest BCUT2D eigenvalue weighted by Crippen LogP contribution is 2.25. The molecule has 0 aliphatic carbocycles. The van der Waals surface area contributed by atoms with E-state index in [-0.39, 0.29) is 0 Å². The zero-order valence-corrected chi connectivity index (χ0v) is 7.96. The highest BCUT2D eigenvalue weighted by Gasteiger charge is 2.32. The molecular weight excluding hydrogens is 221 g/mol. The molecule has 84 valence electrons. The molecule has 2 aromatic heterocycles. The third-order valence-electron chi connectivity index (χ3n) is 1.33. The van der Waals surface area contributed by atoms with Crippen molar-refractivity contribution in [1.29, 1.82) is 0 Å². The molecule has 2 heterocycles. The van der Waals surface area contributed by atoms with Gasteiger partial charge in [-0.15, -0.1) is 0 Å². The summed E-state index contributed by atoms with van der Waals surface area (Å²) in [6.07, 6.45) is 5.05. The summed E-state index contributed by atoms with van der Waals surface area (Å²) in [5.41, 5.74) is -0.963. The Balaban J connectivity index is 0.000000181. The average molecular weight is 228 g/mol. The van der Waals surface area contributed by atoms with E-state index in [2.05, 4.69) is 19.9 Å². The zero-order chi connectivity index (χ0) is 11.9. The van der Waals surface area contributed by atoms with Crippen LogP contribution >= 0.6 is 0 Å². The molecule has 0 atom stereocenters. The van der Waals surface area contributed by atoms with Crippen molar-refractivity contribution in [2.75, 3.05) is 0 Å². The van der Waals surface area contributed by atoms with E-state index >= 15 is 0 Å². The van der Waals surface area contributed by atoms with Gasteiger partial charge in [-0.1, -0.05) is 0 Å². The van der Waals surface area contributed by atoms with E-state index in [1.165, 1.54) is 6.20 Å². The molecule has 0 aliphatic rings. The van der Waals surface area contributed by atoms with E-state index < -0.39 is 11.9 Å². The lowest BCUT2D eigenvalue weighted by Gasteiger charge is -2.01. The van der Waals surface area contributed by atoms with Crippen LogP contribution in [-0.4, -0.2) is 19.9 Å². The van der Waals surface area contributed by atoms with E-state index in [4.69, 9.17) is 0 Å². The molecule has 0 aromatic carbocycles. The normalized spacial score (nSPS) is 10.2. The predicted octanol–water partition coefficient (Wildman–Crippen LogP) is 1.97. The molecule has 0 saturated heterocycles. The molecule has 0 aliphatic heterocycles. The lowest BCUT2D eigenvalue weighted by atomic mass is 10.4. The first-order valence-electron chi connectivity index (χ1n) is 4.14. The molecule has 0 N–H and O–H groups in total. The minimum absolute atomic E-state index is 0.681. The molecular formula is C9H7F3N4. The number of rotatable bonds is 0. The summed E-state index contributed by atoms with van der Waals surface area (Å²) in [6.45, 7) is 0. The largest absolute Gasteiger partial charge is 0.434 e. The van der Waals surface area contributed by atoms with Crippen LogP contribution in [0.4, 0.5) is 13.2 Å². The molecule has 0 unspecified atom stereocenters. The van der Waals surface area contributed by atoms with Gasteiger partial charge in [0.05, 0.1) is 6.20 Å². The lowest BCUT2D eigenvalue weighted by molar-refractivity contribution is -0.141. The summed E-state index contributed by atoms with van der Waals surface area (Å²) in [7, 11) is 0. The van der Waals surface area contributed by atoms with Gasteiger partial charge in [-0.05, 0) is 0 Å². The molecule has 2 aromatic rings. The zero-order valence-electron chi connectivity index (χ0n) is 7.96. The molecule has 0 bridgehead atoms. The standard InChI is InChI=1S/C5H3F3N2.C4H4N2/c6-5(7,8)4-3-9-1-2-10-4;1-2-6-4-3-5-1/h1-3H;1-4H. The van der Waals surface area contributed by atoms with Gasteiger partial charge in [-0.25, -0.2) is 4.98 Å². The van der Waals surface area contributed by atoms with Gasteiger partial charge >= 0.3 is 6.18 Å². The summed E-state index contributed by atoms with van der Waals surface area (Å²) in [6, 6.07) is 0. The highest BCUT2D eigenvalue weighted by molar-refractivity contribution is 4.98. The Bertz CT molecular complexity index is 364. The Kier molecular flexibility index (Phi) is 4.31. The summed E-state index contributed by atoms with van der Waals surface area (Å²) in [4.78, 5) is 13.8. The topological polar surface area (TPSA) is 51.6 Å². The van der Waals surface area contributed by atoms with E-state index in [1.807, 2.05) is 0 Å². The Hall–Kier alpha value is -2.05. The van der Waals surface area contributed by atoms with Crippen LogP contribution in [0.25, 0.3) is 0 Å². The van der Waals surface area contributed by atoms with Gasteiger partial charge in [0.25, 0.3) is 0 Å². The van der Waals surface area contributed by atoms with E-state index in [0.717, 1.165) is 6.20 Å². The molecule has 16 heavy (non-hydrogen) atoms. The van der Waals surface area contributed by atoms with Gasteiger partial charge in [-0.2, -0.15) is 13.2 Å². The third-order valence-corrected chi connectivity index (χ3v) is 1.33. The summed E-state index contributed by atoms with van der Waals surface area (Å²) < 4.78 is 35.1. The second-order valence-electron chi connectivity index (χ2n) is 2.48. The summed E-state index contributed by atoms with van der Waals surface area (Å²) in [5, 5.41) is 0. The first-order valence-corrected chi connectivity index (χ1v) is 4.14. The Morgan fingerprint density at radius 3 is 1.50 bits per heavy atom. The Morgan fingerprint density at radius 1 is 0.750 bits per heavy atom. The molecule has 0 saturated carbocycles. The third kappa shape index (κ3) is 4.45. The molecule has 7 heteroatoms. The van der Waals surface area contributed by atoms with E-state index in [0.29, 0.717) is 6.20 Å². The molecule has 0 radical (unpaired) electrons.